The van der Waals surface area contributed by atoms with Crippen LogP contribution in [0.15, 0.2) is 425 Å². The smallest absolute Gasteiger partial charge is 0.252 e. The molecule has 1 aromatic heterocycles. The summed E-state index contributed by atoms with van der Waals surface area (Å²) >= 11 is 0. The summed E-state index contributed by atoms with van der Waals surface area (Å²) in [7, 11) is -6.50. The van der Waals surface area contributed by atoms with Crippen molar-refractivity contribution in [3.63, 3.8) is 0 Å². The molecule has 3 heterocycles. The molecule has 18 aromatic rings. The van der Waals surface area contributed by atoms with Crippen LogP contribution >= 0.6 is 0 Å². The summed E-state index contributed by atoms with van der Waals surface area (Å²) < 4.78 is 2.55. The maximum atomic E-state index is 2.69. The Kier molecular flexibility index (Phi) is 16.5. The Labute approximate surface area is 646 Å². The largest absolute Gasteiger partial charge is 0.311 e. The van der Waals surface area contributed by atoms with Gasteiger partial charge in [0.05, 0.1) is 16.7 Å². The Morgan fingerprint density at radius 2 is 0.500 bits per heavy atom. The summed E-state index contributed by atoms with van der Waals surface area (Å²) in [6.45, 7) is 4.12. The van der Waals surface area contributed by atoms with Gasteiger partial charge in [-0.2, -0.15) is 0 Å². The SMILES string of the molecule is Cc1ccc(-c2cc(N3c4ccc(-c5ccccc5)cc4B4c5cc(-c6ccccc6)ccc5N(c5cc(-c6ccc(C)cc6)cc([Si](c6ccccc6)(c6ccccc6)c6ccccc6)c5)c5cc(-n6c7ccccc7c7ccccc76)cc3c54)cc([Si](c3ccccc3)(c3ccccc3)c3ccccc3)c2)cc1. The second-order valence-electron chi connectivity index (χ2n) is 29.6. The average Bonchev–Trinajstić information content (AvgIpc) is 0.854. The highest BCUT2D eigenvalue weighted by Gasteiger charge is 2.48. The Morgan fingerprint density at radius 3 is 0.836 bits per heavy atom. The van der Waals surface area contributed by atoms with Gasteiger partial charge in [-0.25, -0.2) is 0 Å². The van der Waals surface area contributed by atoms with Gasteiger partial charge in [0.15, 0.2) is 16.1 Å². The fraction of sp³-hybridized carbons (Fsp3) is 0.0192. The van der Waals surface area contributed by atoms with Crippen LogP contribution in [0.2, 0.25) is 0 Å². The van der Waals surface area contributed by atoms with Crippen molar-refractivity contribution >= 4 is 137 Å². The number of rotatable bonds is 15. The van der Waals surface area contributed by atoms with E-state index in [1.165, 1.54) is 90.9 Å². The lowest BCUT2D eigenvalue weighted by Crippen LogP contribution is -2.74. The van der Waals surface area contributed by atoms with Crippen molar-refractivity contribution in [2.24, 2.45) is 0 Å². The Bertz CT molecular complexity index is 5880. The van der Waals surface area contributed by atoms with Gasteiger partial charge in [-0.1, -0.05) is 375 Å². The summed E-state index contributed by atoms with van der Waals surface area (Å²) in [5, 5.41) is 12.9. The average molecular weight is 1430 g/mol. The maximum Gasteiger partial charge on any atom is 0.252 e. The molecule has 0 saturated heterocycles. The minimum atomic E-state index is -3.25. The van der Waals surface area contributed by atoms with Crippen LogP contribution in [0.3, 0.4) is 0 Å². The lowest BCUT2D eigenvalue weighted by molar-refractivity contribution is 1.16. The van der Waals surface area contributed by atoms with Crippen LogP contribution in [0.25, 0.3) is 72.0 Å². The number of fused-ring (bicyclic) bond motifs is 7. The molecule has 2 aliphatic rings. The molecule has 0 spiro atoms. The molecule has 0 amide bonds. The topological polar surface area (TPSA) is 11.4 Å². The van der Waals surface area contributed by atoms with Crippen LogP contribution in [-0.4, -0.2) is 27.4 Å². The second kappa shape index (κ2) is 27.5. The summed E-state index contributed by atoms with van der Waals surface area (Å²) in [6.07, 6.45) is 0. The number of nitrogens with zero attached hydrogens (tertiary/aromatic N) is 3. The fourth-order valence-corrected chi connectivity index (χ4v) is 28.0. The highest BCUT2D eigenvalue weighted by Crippen LogP contribution is 2.49. The van der Waals surface area contributed by atoms with Gasteiger partial charge in [-0.3, -0.25) is 0 Å². The van der Waals surface area contributed by atoms with Crippen LogP contribution in [0, 0.1) is 13.8 Å². The van der Waals surface area contributed by atoms with Crippen molar-refractivity contribution in [1.82, 2.24) is 4.57 Å². The minimum Gasteiger partial charge on any atom is -0.311 e. The number of hydrogen-bond acceptors (Lipinski definition) is 2. The molecule has 2 aliphatic heterocycles. The molecule has 0 unspecified atom stereocenters. The molecule has 0 atom stereocenters. The Balaban J connectivity index is 0.966. The molecule has 20 rings (SSSR count). The van der Waals surface area contributed by atoms with E-state index in [1.54, 1.807) is 0 Å². The lowest BCUT2D eigenvalue weighted by atomic mass is 9.33. The van der Waals surface area contributed by atoms with Crippen molar-refractivity contribution in [3.05, 3.63) is 436 Å². The van der Waals surface area contributed by atoms with Gasteiger partial charge >= 0.3 is 0 Å². The molecule has 0 aliphatic carbocycles. The predicted octanol–water partition coefficient (Wildman–Crippen LogP) is 18.9. The van der Waals surface area contributed by atoms with E-state index in [4.69, 9.17) is 0 Å². The first kappa shape index (κ1) is 66.1. The van der Waals surface area contributed by atoms with Crippen molar-refractivity contribution in [2.75, 3.05) is 9.80 Å². The van der Waals surface area contributed by atoms with Gasteiger partial charge in [0.1, 0.15) is 0 Å². The molecule has 0 fully saturated rings. The van der Waals surface area contributed by atoms with Crippen LogP contribution in [0.4, 0.5) is 34.1 Å². The molecule has 0 saturated carbocycles. The molecule has 0 bridgehead atoms. The summed E-state index contributed by atoms with van der Waals surface area (Å²) in [6, 6.07) is 162. The molecule has 110 heavy (non-hydrogen) atoms. The number of anilines is 6. The molecular formula is C104H76BN3Si2. The fourth-order valence-electron chi connectivity index (χ4n) is 18.4. The zero-order valence-electron chi connectivity index (χ0n) is 61.3. The normalized spacial score (nSPS) is 12.4. The Morgan fingerprint density at radius 1 is 0.209 bits per heavy atom. The van der Waals surface area contributed by atoms with Gasteiger partial charge in [-0.05, 0) is 177 Å². The molecule has 0 radical (unpaired) electrons. The molecule has 6 heteroatoms. The Hall–Kier alpha value is -13.4. The van der Waals surface area contributed by atoms with Gasteiger partial charge in [-0.15, -0.1) is 0 Å². The van der Waals surface area contributed by atoms with E-state index in [0.29, 0.717) is 0 Å². The third-order valence-electron chi connectivity index (χ3n) is 23.3. The molecule has 3 nitrogen and oxygen atoms in total. The third kappa shape index (κ3) is 11.0. The standard InChI is InChI=1S/C104H76BN3Si2/c1-73-51-55-77(56-52-73)81-63-83(69-92(65-81)109(86-35-15-5-16-36-86,87-37-17-6-18-38-87)88-39-19-7-20-40-88)107-100-61-59-79(75-31-11-3-12-32-75)67-96(100)105-97-68-80(76-33-13-4-14-34-76)60-62-101(97)108(103-72-85(71-102(107)104(103)105)106-98-49-29-27-47-94(98)95-48-28-30-50-99(95)106)84-64-82(78-57-53-74(2)54-58-78)66-93(70-84)110(89-41-21-8-22-42-89,90-43-23-9-24-44-90)91-45-25-10-26-46-91/h3-72H,1-2H3. The summed E-state index contributed by atoms with van der Waals surface area (Å²) in [5.41, 5.74) is 25.4. The van der Waals surface area contributed by atoms with E-state index in [0.717, 1.165) is 84.2 Å². The van der Waals surface area contributed by atoms with E-state index in [9.17, 15) is 0 Å². The van der Waals surface area contributed by atoms with Gasteiger partial charge < -0.3 is 14.4 Å². The first-order valence-corrected chi connectivity index (χ1v) is 42.3. The summed E-state index contributed by atoms with van der Waals surface area (Å²) in [5.74, 6) is 0. The number of benzene rings is 17. The third-order valence-corrected chi connectivity index (χ3v) is 32.8. The van der Waals surface area contributed by atoms with E-state index in [1.807, 2.05) is 0 Å². The minimum absolute atomic E-state index is 0.269. The zero-order chi connectivity index (χ0) is 73.3. The highest BCUT2D eigenvalue weighted by atomic mass is 28.3. The first-order chi connectivity index (χ1) is 54.4. The van der Waals surface area contributed by atoms with Crippen molar-refractivity contribution in [3.8, 4) is 50.2 Å². The highest BCUT2D eigenvalue weighted by molar-refractivity contribution is 7.20. The van der Waals surface area contributed by atoms with E-state index in [2.05, 4.69) is 453 Å². The van der Waals surface area contributed by atoms with E-state index < -0.39 is 16.1 Å². The number of aromatic nitrogens is 1. The van der Waals surface area contributed by atoms with Crippen LogP contribution in [-0.2, 0) is 0 Å². The molecular weight excluding hydrogens is 1360 g/mol. The van der Waals surface area contributed by atoms with Crippen LogP contribution in [0.1, 0.15) is 11.1 Å². The second-order valence-corrected chi connectivity index (χ2v) is 37.2. The number of para-hydroxylation sites is 2. The van der Waals surface area contributed by atoms with Crippen LogP contribution in [0.5, 0.6) is 0 Å². The van der Waals surface area contributed by atoms with Gasteiger partial charge in [0.25, 0.3) is 6.71 Å². The van der Waals surface area contributed by atoms with E-state index in [-0.39, 0.29) is 6.71 Å². The predicted molar refractivity (Wildman–Crippen MR) is 473 cm³/mol. The van der Waals surface area contributed by atoms with Crippen molar-refractivity contribution < 1.29 is 0 Å². The maximum absolute atomic E-state index is 3.25. The van der Waals surface area contributed by atoms with Crippen LogP contribution < -0.4 is 67.7 Å². The first-order valence-electron chi connectivity index (χ1n) is 38.3. The monoisotopic (exact) mass is 1430 g/mol. The number of hydrogen-bond donors (Lipinski definition) is 0. The quantitative estimate of drug-likeness (QED) is 0.0749. The van der Waals surface area contributed by atoms with E-state index >= 15 is 0 Å². The summed E-state index contributed by atoms with van der Waals surface area (Å²) in [4.78, 5) is 5.38. The molecule has 518 valence electrons. The van der Waals surface area contributed by atoms with Crippen molar-refractivity contribution in [2.45, 2.75) is 13.8 Å². The lowest BCUT2D eigenvalue weighted by Gasteiger charge is -2.45. The van der Waals surface area contributed by atoms with Gasteiger partial charge in [0.2, 0.25) is 0 Å². The van der Waals surface area contributed by atoms with Gasteiger partial charge in [0, 0.05) is 44.9 Å². The zero-order valence-corrected chi connectivity index (χ0v) is 63.3. The molecule has 0 N–H and O–H groups in total. The molecule has 17 aromatic carbocycles. The number of aryl methyl sites for hydroxylation is 2. The van der Waals surface area contributed by atoms with Crippen molar-refractivity contribution in [1.29, 1.82) is 0 Å².